The summed E-state index contributed by atoms with van der Waals surface area (Å²) in [6.45, 7) is 2.26. The number of aromatic amines is 1. The van der Waals surface area contributed by atoms with Gasteiger partial charge in [0.2, 0.25) is 5.91 Å². The van der Waals surface area contributed by atoms with Gasteiger partial charge in [-0.25, -0.2) is 4.98 Å². The van der Waals surface area contributed by atoms with Gasteiger partial charge in [-0.2, -0.15) is 0 Å². The fourth-order valence-electron chi connectivity index (χ4n) is 6.44. The van der Waals surface area contributed by atoms with E-state index in [1.54, 1.807) is 0 Å². The van der Waals surface area contributed by atoms with Crippen molar-refractivity contribution in [1.82, 2.24) is 15.3 Å². The molecule has 2 amide bonds. The van der Waals surface area contributed by atoms with E-state index in [9.17, 15) is 9.59 Å². The highest BCUT2D eigenvalue weighted by Crippen LogP contribution is 2.44. The normalized spacial score (nSPS) is 27.7. The molecule has 1 heterocycles. The van der Waals surface area contributed by atoms with Gasteiger partial charge in [-0.3, -0.25) is 9.59 Å². The summed E-state index contributed by atoms with van der Waals surface area (Å²) < 4.78 is 0. The Kier molecular flexibility index (Phi) is 5.83. The van der Waals surface area contributed by atoms with Crippen molar-refractivity contribution in [2.75, 3.05) is 5.32 Å². The first kappa shape index (κ1) is 22.3. The summed E-state index contributed by atoms with van der Waals surface area (Å²) in [6.07, 6.45) is 9.20. The molecule has 3 aromatic rings. The molecular weight excluding hydrogens is 436 g/mol. The van der Waals surface area contributed by atoms with Gasteiger partial charge in [0.1, 0.15) is 5.82 Å². The number of nitrogens with one attached hydrogen (secondary N) is 3. The molecule has 3 aliphatic carbocycles. The molecule has 3 unspecified atom stereocenters. The van der Waals surface area contributed by atoms with Crippen LogP contribution in [-0.4, -0.2) is 27.8 Å². The summed E-state index contributed by atoms with van der Waals surface area (Å²) in [7, 11) is 0. The van der Waals surface area contributed by atoms with Crippen LogP contribution in [0.1, 0.15) is 68.6 Å². The van der Waals surface area contributed by atoms with Crippen LogP contribution in [-0.2, 0) is 4.79 Å². The SMILES string of the molecule is CC1CCC(C(=O)Nc2ccc3nc(-c4ccc(C(=O)NC5CC6CCC5C6)cc4)[nH]c3c2)CC1. The summed E-state index contributed by atoms with van der Waals surface area (Å²) in [5, 5.41) is 6.35. The van der Waals surface area contributed by atoms with Gasteiger partial charge in [0.15, 0.2) is 0 Å². The number of nitrogens with zero attached hydrogens (tertiary/aromatic N) is 1. The van der Waals surface area contributed by atoms with Gasteiger partial charge in [0.25, 0.3) is 5.91 Å². The number of aromatic nitrogens is 2. The summed E-state index contributed by atoms with van der Waals surface area (Å²) >= 11 is 0. The first-order valence-corrected chi connectivity index (χ1v) is 13.2. The molecule has 2 aromatic carbocycles. The summed E-state index contributed by atoms with van der Waals surface area (Å²) in [5.74, 6) is 3.21. The Morgan fingerprint density at radius 3 is 2.46 bits per heavy atom. The average molecular weight is 471 g/mol. The molecule has 2 bridgehead atoms. The van der Waals surface area contributed by atoms with Gasteiger partial charge in [0.05, 0.1) is 11.0 Å². The third-order valence-corrected chi connectivity index (χ3v) is 8.61. The Morgan fingerprint density at radius 2 is 1.74 bits per heavy atom. The van der Waals surface area contributed by atoms with Crippen molar-refractivity contribution in [3.63, 3.8) is 0 Å². The number of rotatable bonds is 5. The van der Waals surface area contributed by atoms with Crippen molar-refractivity contribution in [2.24, 2.45) is 23.7 Å². The van der Waals surface area contributed by atoms with Gasteiger partial charge < -0.3 is 15.6 Å². The number of anilines is 1. The van der Waals surface area contributed by atoms with Crippen molar-refractivity contribution in [3.05, 3.63) is 48.0 Å². The molecule has 3 fully saturated rings. The third kappa shape index (κ3) is 4.58. The molecule has 0 aliphatic heterocycles. The van der Waals surface area contributed by atoms with Crippen molar-refractivity contribution >= 4 is 28.5 Å². The van der Waals surface area contributed by atoms with E-state index in [1.165, 1.54) is 19.3 Å². The maximum atomic E-state index is 12.8. The lowest BCUT2D eigenvalue weighted by Gasteiger charge is -2.25. The molecule has 3 aliphatic rings. The zero-order valence-corrected chi connectivity index (χ0v) is 20.3. The fourth-order valence-corrected chi connectivity index (χ4v) is 6.44. The van der Waals surface area contributed by atoms with Crippen molar-refractivity contribution in [1.29, 1.82) is 0 Å². The van der Waals surface area contributed by atoms with Crippen LogP contribution in [0, 0.1) is 23.7 Å². The van der Waals surface area contributed by atoms with E-state index in [0.717, 1.165) is 72.0 Å². The van der Waals surface area contributed by atoms with E-state index in [2.05, 4.69) is 22.5 Å². The number of carbonyl (C=O) groups excluding carboxylic acids is 2. The maximum absolute atomic E-state index is 12.8. The van der Waals surface area contributed by atoms with E-state index < -0.39 is 0 Å². The lowest BCUT2D eigenvalue weighted by molar-refractivity contribution is -0.121. The van der Waals surface area contributed by atoms with Crippen LogP contribution >= 0.6 is 0 Å². The highest BCUT2D eigenvalue weighted by molar-refractivity contribution is 5.96. The fraction of sp³-hybridized carbons (Fsp3) is 0.483. The molecule has 6 heteroatoms. The minimum atomic E-state index is 0.0199. The minimum absolute atomic E-state index is 0.0199. The van der Waals surface area contributed by atoms with E-state index in [-0.39, 0.29) is 17.7 Å². The van der Waals surface area contributed by atoms with E-state index in [0.29, 0.717) is 17.5 Å². The number of carbonyl (C=O) groups is 2. The Labute approximate surface area is 206 Å². The molecule has 1 aromatic heterocycles. The quantitative estimate of drug-likeness (QED) is 0.433. The molecule has 0 radical (unpaired) electrons. The average Bonchev–Trinajstić information content (AvgIpc) is 3.60. The Balaban J connectivity index is 1.12. The molecule has 3 saturated carbocycles. The number of hydrogen-bond donors (Lipinski definition) is 3. The van der Waals surface area contributed by atoms with Crippen molar-refractivity contribution in [3.8, 4) is 11.4 Å². The first-order valence-electron chi connectivity index (χ1n) is 13.2. The first-order chi connectivity index (χ1) is 17.0. The maximum Gasteiger partial charge on any atom is 0.251 e. The second-order valence-electron chi connectivity index (χ2n) is 11.1. The number of fused-ring (bicyclic) bond motifs is 3. The lowest BCUT2D eigenvalue weighted by Crippen LogP contribution is -2.38. The van der Waals surface area contributed by atoms with Crippen molar-refractivity contribution < 1.29 is 9.59 Å². The van der Waals surface area contributed by atoms with Crippen LogP contribution in [0.2, 0.25) is 0 Å². The molecule has 6 nitrogen and oxygen atoms in total. The van der Waals surface area contributed by atoms with Crippen LogP contribution in [0.4, 0.5) is 5.69 Å². The Bertz CT molecular complexity index is 1240. The number of hydrogen-bond acceptors (Lipinski definition) is 3. The van der Waals surface area contributed by atoms with E-state index in [4.69, 9.17) is 4.98 Å². The van der Waals surface area contributed by atoms with Gasteiger partial charge in [-0.1, -0.05) is 25.5 Å². The van der Waals surface area contributed by atoms with Crippen molar-refractivity contribution in [2.45, 2.75) is 64.3 Å². The summed E-state index contributed by atoms with van der Waals surface area (Å²) in [6, 6.07) is 13.8. The van der Waals surface area contributed by atoms with Crippen LogP contribution in [0.3, 0.4) is 0 Å². The number of imidazole rings is 1. The van der Waals surface area contributed by atoms with E-state index >= 15 is 0 Å². The highest BCUT2D eigenvalue weighted by atomic mass is 16.2. The highest BCUT2D eigenvalue weighted by Gasteiger charge is 2.40. The molecule has 0 spiro atoms. The standard InChI is InChI=1S/C29H34N4O2/c1-17-2-5-20(6-3-17)28(34)30-23-12-13-24-26(16-23)32-27(31-24)19-8-10-21(11-9-19)29(35)33-25-15-18-4-7-22(25)14-18/h8-13,16-18,20,22,25H,2-7,14-15H2,1H3,(H,30,34)(H,31,32)(H,33,35). The largest absolute Gasteiger partial charge is 0.349 e. The molecule has 3 atom stereocenters. The monoisotopic (exact) mass is 470 g/mol. The van der Waals surface area contributed by atoms with Gasteiger partial charge in [-0.15, -0.1) is 0 Å². The predicted octanol–water partition coefficient (Wildman–Crippen LogP) is 5.91. The molecule has 182 valence electrons. The van der Waals surface area contributed by atoms with Crippen LogP contribution < -0.4 is 10.6 Å². The van der Waals surface area contributed by atoms with Crippen LogP contribution in [0.15, 0.2) is 42.5 Å². The molecule has 6 rings (SSSR count). The molecule has 35 heavy (non-hydrogen) atoms. The van der Waals surface area contributed by atoms with Gasteiger partial charge >= 0.3 is 0 Å². The number of benzene rings is 2. The third-order valence-electron chi connectivity index (χ3n) is 8.61. The van der Waals surface area contributed by atoms with E-state index in [1.807, 2.05) is 42.5 Å². The smallest absolute Gasteiger partial charge is 0.251 e. The number of amides is 2. The molecular formula is C29H34N4O2. The zero-order valence-electron chi connectivity index (χ0n) is 20.3. The summed E-state index contributed by atoms with van der Waals surface area (Å²) in [4.78, 5) is 33.5. The second kappa shape index (κ2) is 9.14. The summed E-state index contributed by atoms with van der Waals surface area (Å²) in [5.41, 5.74) is 4.15. The van der Waals surface area contributed by atoms with Gasteiger partial charge in [-0.05, 0) is 93.0 Å². The Morgan fingerprint density at radius 1 is 0.943 bits per heavy atom. The zero-order chi connectivity index (χ0) is 23.9. The van der Waals surface area contributed by atoms with Crippen LogP contribution in [0.25, 0.3) is 22.4 Å². The lowest BCUT2D eigenvalue weighted by atomic mass is 9.82. The number of H-pyrrole nitrogens is 1. The molecule has 0 saturated heterocycles. The second-order valence-corrected chi connectivity index (χ2v) is 11.1. The predicted molar refractivity (Wildman–Crippen MR) is 138 cm³/mol. The van der Waals surface area contributed by atoms with Crippen LogP contribution in [0.5, 0.6) is 0 Å². The van der Waals surface area contributed by atoms with Gasteiger partial charge in [0, 0.05) is 28.8 Å². The minimum Gasteiger partial charge on any atom is -0.349 e. The topological polar surface area (TPSA) is 86.9 Å². The molecule has 3 N–H and O–H groups in total. The Hall–Kier alpha value is -3.15.